The Hall–Kier alpha value is -3.04. The van der Waals surface area contributed by atoms with E-state index in [1.54, 1.807) is 31.2 Å². The quantitative estimate of drug-likeness (QED) is 0.486. The first-order chi connectivity index (χ1) is 15.7. The Balaban J connectivity index is 1.66. The van der Waals surface area contributed by atoms with Gasteiger partial charge in [-0.25, -0.2) is 9.78 Å². The second-order valence-electron chi connectivity index (χ2n) is 7.57. The number of fused-ring (bicyclic) bond motifs is 1. The molecule has 10 heteroatoms. The third-order valence-corrected chi connectivity index (χ3v) is 5.49. The number of carbonyl (C=O) groups excluding carboxylic acids is 1. The smallest absolute Gasteiger partial charge is 0.433 e. The van der Waals surface area contributed by atoms with Crippen molar-refractivity contribution in [2.45, 2.75) is 32.6 Å². The molecule has 0 saturated heterocycles. The van der Waals surface area contributed by atoms with Gasteiger partial charge in [0.05, 0.1) is 23.0 Å². The summed E-state index contributed by atoms with van der Waals surface area (Å²) in [5, 5.41) is 0.494. The monoisotopic (exact) mass is 476 g/mol. The molecule has 0 saturated carbocycles. The van der Waals surface area contributed by atoms with E-state index >= 15 is 0 Å². The Morgan fingerprint density at radius 2 is 2.03 bits per heavy atom. The van der Waals surface area contributed by atoms with E-state index in [1.165, 1.54) is 6.20 Å². The minimum Gasteiger partial charge on any atom is -0.461 e. The average molecular weight is 477 g/mol. The summed E-state index contributed by atoms with van der Waals surface area (Å²) in [6.45, 7) is 3.20. The van der Waals surface area contributed by atoms with Crippen LogP contribution in [0.3, 0.4) is 0 Å². The van der Waals surface area contributed by atoms with Crippen LogP contribution in [0.2, 0.25) is 5.02 Å². The Kier molecular flexibility index (Phi) is 6.62. The van der Waals surface area contributed by atoms with Gasteiger partial charge in [-0.05, 0) is 54.8 Å². The van der Waals surface area contributed by atoms with Crippen LogP contribution in [0.1, 0.15) is 39.9 Å². The molecule has 0 amide bonds. The lowest BCUT2D eigenvalue weighted by Gasteiger charge is -2.29. The first-order valence-electron chi connectivity index (χ1n) is 10.3. The lowest BCUT2D eigenvalue weighted by molar-refractivity contribution is -0.141. The van der Waals surface area contributed by atoms with Crippen molar-refractivity contribution in [2.24, 2.45) is 0 Å². The Morgan fingerprint density at radius 3 is 2.73 bits per heavy atom. The predicted molar refractivity (Wildman–Crippen MR) is 115 cm³/mol. The van der Waals surface area contributed by atoms with Gasteiger partial charge in [0.15, 0.2) is 0 Å². The van der Waals surface area contributed by atoms with Crippen molar-refractivity contribution in [1.29, 1.82) is 0 Å². The summed E-state index contributed by atoms with van der Waals surface area (Å²) in [5.41, 5.74) is 2.78. The molecule has 0 aromatic carbocycles. The summed E-state index contributed by atoms with van der Waals surface area (Å²) >= 11 is 5.97. The van der Waals surface area contributed by atoms with E-state index in [1.807, 2.05) is 4.90 Å². The zero-order valence-electron chi connectivity index (χ0n) is 17.7. The highest BCUT2D eigenvalue weighted by molar-refractivity contribution is 6.30. The summed E-state index contributed by atoms with van der Waals surface area (Å²) in [4.78, 5) is 26.7. The summed E-state index contributed by atoms with van der Waals surface area (Å²) in [6, 6.07) is 7.78. The van der Waals surface area contributed by atoms with Gasteiger partial charge in [0.2, 0.25) is 0 Å². The zero-order valence-corrected chi connectivity index (χ0v) is 18.5. The molecule has 0 atom stereocenters. The number of esters is 1. The van der Waals surface area contributed by atoms with E-state index in [0.717, 1.165) is 23.4 Å². The molecule has 3 aromatic rings. The van der Waals surface area contributed by atoms with Crippen molar-refractivity contribution in [3.8, 4) is 11.3 Å². The first kappa shape index (κ1) is 23.1. The highest BCUT2D eigenvalue weighted by atomic mass is 35.5. The van der Waals surface area contributed by atoms with Gasteiger partial charge in [-0.15, -0.1) is 0 Å². The van der Waals surface area contributed by atoms with Gasteiger partial charge in [0.25, 0.3) is 0 Å². The number of alkyl halides is 3. The standard InChI is InChI=1S/C23H20ClF3N4O2/c1-2-33-22(32)19-10-17(18-4-3-15(24)11-29-18)16-6-8-31(13-20(16)30-19)12-14-5-7-28-21(9-14)23(25,26)27/h3-5,7,9-11H,2,6,8,12-13H2,1H3. The molecule has 3 aromatic heterocycles. The molecule has 0 aliphatic carbocycles. The van der Waals surface area contributed by atoms with Crippen LogP contribution in [0, 0.1) is 0 Å². The van der Waals surface area contributed by atoms with E-state index < -0.39 is 17.8 Å². The van der Waals surface area contributed by atoms with Crippen molar-refractivity contribution in [3.05, 3.63) is 76.0 Å². The third-order valence-electron chi connectivity index (χ3n) is 5.27. The van der Waals surface area contributed by atoms with Gasteiger partial charge >= 0.3 is 12.1 Å². The number of aromatic nitrogens is 3. The molecule has 4 rings (SSSR count). The molecule has 1 aliphatic heterocycles. The second kappa shape index (κ2) is 9.44. The fourth-order valence-electron chi connectivity index (χ4n) is 3.79. The summed E-state index contributed by atoms with van der Waals surface area (Å²) in [5.74, 6) is -0.545. The van der Waals surface area contributed by atoms with Gasteiger partial charge in [-0.2, -0.15) is 13.2 Å². The van der Waals surface area contributed by atoms with E-state index in [-0.39, 0.29) is 12.3 Å². The van der Waals surface area contributed by atoms with Crippen LogP contribution >= 0.6 is 11.6 Å². The molecule has 0 N–H and O–H groups in total. The van der Waals surface area contributed by atoms with Gasteiger partial charge in [-0.3, -0.25) is 14.9 Å². The fourth-order valence-corrected chi connectivity index (χ4v) is 3.90. The molecule has 0 unspecified atom stereocenters. The number of halogens is 4. The molecule has 1 aliphatic rings. The van der Waals surface area contributed by atoms with Crippen molar-refractivity contribution in [1.82, 2.24) is 19.9 Å². The third kappa shape index (κ3) is 5.31. The van der Waals surface area contributed by atoms with Crippen molar-refractivity contribution < 1.29 is 22.7 Å². The highest BCUT2D eigenvalue weighted by Gasteiger charge is 2.32. The van der Waals surface area contributed by atoms with E-state index in [0.29, 0.717) is 48.0 Å². The molecular weight excluding hydrogens is 457 g/mol. The number of rotatable bonds is 5. The van der Waals surface area contributed by atoms with Gasteiger partial charge < -0.3 is 4.74 Å². The molecule has 0 fully saturated rings. The van der Waals surface area contributed by atoms with Crippen LogP contribution in [0.25, 0.3) is 11.3 Å². The van der Waals surface area contributed by atoms with Crippen LogP contribution < -0.4 is 0 Å². The molecule has 6 nitrogen and oxygen atoms in total. The maximum Gasteiger partial charge on any atom is 0.433 e. The summed E-state index contributed by atoms with van der Waals surface area (Å²) in [7, 11) is 0. The SMILES string of the molecule is CCOC(=O)c1cc(-c2ccc(Cl)cn2)c2c(n1)CN(Cc1ccnc(C(F)(F)F)c1)CC2. The lowest BCUT2D eigenvalue weighted by atomic mass is 9.95. The van der Waals surface area contributed by atoms with E-state index in [4.69, 9.17) is 16.3 Å². The maximum absolute atomic E-state index is 13.0. The van der Waals surface area contributed by atoms with Crippen LogP contribution in [0.5, 0.6) is 0 Å². The number of carbonyl (C=O) groups is 1. The molecule has 0 radical (unpaired) electrons. The number of ether oxygens (including phenoxy) is 1. The predicted octanol–water partition coefficient (Wildman–Crippen LogP) is 4.95. The normalized spacial score (nSPS) is 14.1. The molecule has 172 valence electrons. The molecular formula is C23H20ClF3N4O2. The zero-order chi connectivity index (χ0) is 23.6. The van der Waals surface area contributed by atoms with Crippen LogP contribution in [-0.2, 0) is 30.4 Å². The minimum absolute atomic E-state index is 0.160. The van der Waals surface area contributed by atoms with Crippen molar-refractivity contribution in [2.75, 3.05) is 13.2 Å². The first-order valence-corrected chi connectivity index (χ1v) is 10.7. The van der Waals surface area contributed by atoms with Gasteiger partial charge in [-0.1, -0.05) is 11.6 Å². The number of pyridine rings is 3. The van der Waals surface area contributed by atoms with E-state index in [9.17, 15) is 18.0 Å². The average Bonchev–Trinajstić information content (AvgIpc) is 2.78. The van der Waals surface area contributed by atoms with Crippen LogP contribution in [0.15, 0.2) is 42.7 Å². The number of hydrogen-bond donors (Lipinski definition) is 0. The van der Waals surface area contributed by atoms with Crippen LogP contribution in [0.4, 0.5) is 13.2 Å². The number of hydrogen-bond acceptors (Lipinski definition) is 6. The Labute approximate surface area is 193 Å². The highest BCUT2D eigenvalue weighted by Crippen LogP contribution is 2.31. The minimum atomic E-state index is -4.50. The summed E-state index contributed by atoms with van der Waals surface area (Å²) in [6.07, 6.45) is -1.20. The fraction of sp³-hybridized carbons (Fsp3) is 0.304. The van der Waals surface area contributed by atoms with Gasteiger partial charge in [0.1, 0.15) is 11.4 Å². The molecule has 0 bridgehead atoms. The topological polar surface area (TPSA) is 68.2 Å². The Morgan fingerprint density at radius 1 is 1.21 bits per heavy atom. The van der Waals surface area contributed by atoms with Crippen LogP contribution in [-0.4, -0.2) is 39.0 Å². The maximum atomic E-state index is 13.0. The molecule has 33 heavy (non-hydrogen) atoms. The summed E-state index contributed by atoms with van der Waals surface area (Å²) < 4.78 is 44.2. The largest absolute Gasteiger partial charge is 0.461 e. The Bertz CT molecular complexity index is 1170. The van der Waals surface area contributed by atoms with E-state index in [2.05, 4.69) is 15.0 Å². The van der Waals surface area contributed by atoms with Crippen molar-refractivity contribution in [3.63, 3.8) is 0 Å². The van der Waals surface area contributed by atoms with Crippen molar-refractivity contribution >= 4 is 17.6 Å². The second-order valence-corrected chi connectivity index (χ2v) is 8.01. The molecule has 4 heterocycles. The lowest BCUT2D eigenvalue weighted by Crippen LogP contribution is -2.32. The molecule has 0 spiro atoms. The number of nitrogens with zero attached hydrogens (tertiary/aromatic N) is 4. The van der Waals surface area contributed by atoms with Gasteiger partial charge in [0, 0.05) is 37.6 Å².